The highest BCUT2D eigenvalue weighted by atomic mass is 35.5. The first-order valence-electron chi connectivity index (χ1n) is 6.45. The summed E-state index contributed by atoms with van der Waals surface area (Å²) < 4.78 is 6.91. The molecule has 0 saturated heterocycles. The van der Waals surface area contributed by atoms with E-state index < -0.39 is 0 Å². The lowest BCUT2D eigenvalue weighted by atomic mass is 10.1. The zero-order chi connectivity index (χ0) is 13.5. The number of carbonyl (C=O) groups excluding carboxylic acids is 1. The molecular weight excluding hydrogens is 252 g/mol. The molecule has 0 bridgehead atoms. The predicted molar refractivity (Wildman–Crippen MR) is 72.3 cm³/mol. The van der Waals surface area contributed by atoms with E-state index in [2.05, 4.69) is 12.0 Å². The molecule has 5 heteroatoms. The molecule has 18 heavy (non-hydrogen) atoms. The number of halogens is 1. The van der Waals surface area contributed by atoms with Gasteiger partial charge in [0.1, 0.15) is 0 Å². The van der Waals surface area contributed by atoms with E-state index in [0.717, 1.165) is 37.1 Å². The van der Waals surface area contributed by atoms with Crippen LogP contribution in [0.5, 0.6) is 0 Å². The van der Waals surface area contributed by atoms with Crippen LogP contribution >= 0.6 is 11.6 Å². The average Bonchev–Trinajstić information content (AvgIpc) is 2.66. The van der Waals surface area contributed by atoms with Crippen molar-refractivity contribution in [2.24, 2.45) is 0 Å². The lowest BCUT2D eigenvalue weighted by Gasteiger charge is -2.03. The van der Waals surface area contributed by atoms with Gasteiger partial charge in [0.15, 0.2) is 5.69 Å². The minimum Gasteiger partial charge on any atom is -0.461 e. The van der Waals surface area contributed by atoms with Crippen molar-refractivity contribution in [3.05, 3.63) is 17.0 Å². The molecule has 102 valence electrons. The first-order valence-corrected chi connectivity index (χ1v) is 6.98. The van der Waals surface area contributed by atoms with Gasteiger partial charge in [-0.2, -0.15) is 5.10 Å². The molecule has 0 aromatic carbocycles. The largest absolute Gasteiger partial charge is 0.461 e. The summed E-state index contributed by atoms with van der Waals surface area (Å²) >= 11 is 5.69. The maximum absolute atomic E-state index is 11.9. The van der Waals surface area contributed by atoms with Gasteiger partial charge >= 0.3 is 5.97 Å². The Bertz CT molecular complexity index is 402. The molecule has 0 saturated carbocycles. The number of carbonyl (C=O) groups is 1. The number of nitrogens with zero attached hydrogens (tertiary/aromatic N) is 2. The zero-order valence-electron chi connectivity index (χ0n) is 11.3. The number of aromatic nitrogens is 2. The van der Waals surface area contributed by atoms with Gasteiger partial charge in [-0.25, -0.2) is 4.79 Å². The second kappa shape index (κ2) is 7.41. The van der Waals surface area contributed by atoms with Crippen molar-refractivity contribution in [2.75, 3.05) is 12.5 Å². The van der Waals surface area contributed by atoms with Crippen LogP contribution in [-0.2, 0) is 17.7 Å². The van der Waals surface area contributed by atoms with Gasteiger partial charge < -0.3 is 4.74 Å². The van der Waals surface area contributed by atoms with Crippen molar-refractivity contribution in [3.63, 3.8) is 0 Å². The van der Waals surface area contributed by atoms with Gasteiger partial charge in [0, 0.05) is 23.7 Å². The van der Waals surface area contributed by atoms with E-state index in [-0.39, 0.29) is 5.97 Å². The van der Waals surface area contributed by atoms with E-state index in [1.807, 2.05) is 11.6 Å². The molecule has 1 heterocycles. The van der Waals surface area contributed by atoms with Crippen molar-refractivity contribution >= 4 is 17.6 Å². The molecule has 0 amide bonds. The fraction of sp³-hybridized carbons (Fsp3) is 0.692. The molecule has 0 aliphatic rings. The molecule has 1 aromatic rings. The molecule has 0 unspecified atom stereocenters. The van der Waals surface area contributed by atoms with Crippen LogP contribution in [0.3, 0.4) is 0 Å². The molecule has 0 atom stereocenters. The maximum atomic E-state index is 11.9. The van der Waals surface area contributed by atoms with E-state index in [0.29, 0.717) is 18.2 Å². The third-order valence-electron chi connectivity index (χ3n) is 2.80. The van der Waals surface area contributed by atoms with Crippen molar-refractivity contribution in [2.45, 2.75) is 46.6 Å². The van der Waals surface area contributed by atoms with Crippen LogP contribution in [0.25, 0.3) is 0 Å². The monoisotopic (exact) mass is 272 g/mol. The first kappa shape index (κ1) is 15.0. The minimum atomic E-state index is -0.325. The van der Waals surface area contributed by atoms with Gasteiger partial charge in [0.25, 0.3) is 0 Å². The van der Waals surface area contributed by atoms with Crippen LogP contribution in [0.15, 0.2) is 0 Å². The summed E-state index contributed by atoms with van der Waals surface area (Å²) in [5, 5.41) is 4.37. The molecular formula is C13H21ClN2O2. The lowest BCUT2D eigenvalue weighted by molar-refractivity contribution is 0.0517. The van der Waals surface area contributed by atoms with Crippen molar-refractivity contribution in [1.82, 2.24) is 9.78 Å². The highest BCUT2D eigenvalue weighted by molar-refractivity contribution is 6.17. The second-order valence-corrected chi connectivity index (χ2v) is 4.53. The maximum Gasteiger partial charge on any atom is 0.359 e. The van der Waals surface area contributed by atoms with Gasteiger partial charge in [0.05, 0.1) is 6.61 Å². The van der Waals surface area contributed by atoms with E-state index in [1.165, 1.54) is 0 Å². The van der Waals surface area contributed by atoms with E-state index in [1.54, 1.807) is 6.92 Å². The van der Waals surface area contributed by atoms with Gasteiger partial charge in [-0.3, -0.25) is 4.68 Å². The number of esters is 1. The molecule has 0 aliphatic carbocycles. The summed E-state index contributed by atoms with van der Waals surface area (Å²) in [6, 6.07) is 0. The summed E-state index contributed by atoms with van der Waals surface area (Å²) in [5.74, 6) is 0.269. The Labute approximate surface area is 113 Å². The Kier molecular flexibility index (Phi) is 6.19. The van der Waals surface area contributed by atoms with Crippen molar-refractivity contribution < 1.29 is 9.53 Å². The highest BCUT2D eigenvalue weighted by Gasteiger charge is 2.20. The Hall–Kier alpha value is -1.03. The summed E-state index contributed by atoms with van der Waals surface area (Å²) in [5.41, 5.74) is 2.52. The SMILES string of the molecule is CCCc1c(C(=O)OCC)nn(CCCCl)c1C. The molecule has 0 radical (unpaired) electrons. The third kappa shape index (κ3) is 3.48. The Morgan fingerprint density at radius 2 is 2.17 bits per heavy atom. The van der Waals surface area contributed by atoms with Crippen LogP contribution in [0.1, 0.15) is 48.4 Å². The molecule has 0 spiro atoms. The molecule has 1 rings (SSSR count). The van der Waals surface area contributed by atoms with Crippen molar-refractivity contribution in [3.8, 4) is 0 Å². The Balaban J connectivity index is 3.02. The van der Waals surface area contributed by atoms with Gasteiger partial charge in [-0.1, -0.05) is 13.3 Å². The van der Waals surface area contributed by atoms with Crippen LogP contribution in [0.4, 0.5) is 0 Å². The summed E-state index contributed by atoms with van der Waals surface area (Å²) in [6.45, 7) is 7.00. The van der Waals surface area contributed by atoms with Crippen molar-refractivity contribution in [1.29, 1.82) is 0 Å². The van der Waals surface area contributed by atoms with Crippen LogP contribution in [-0.4, -0.2) is 28.2 Å². The standard InChI is InChI=1S/C13H21ClN2O2/c1-4-7-11-10(3)16(9-6-8-14)15-12(11)13(17)18-5-2/h4-9H2,1-3H3. The minimum absolute atomic E-state index is 0.325. The van der Waals surface area contributed by atoms with E-state index in [9.17, 15) is 4.79 Å². The Morgan fingerprint density at radius 1 is 1.44 bits per heavy atom. The molecule has 0 aliphatic heterocycles. The zero-order valence-corrected chi connectivity index (χ0v) is 12.1. The number of rotatable bonds is 7. The predicted octanol–water partition coefficient (Wildman–Crippen LogP) is 2.95. The number of ether oxygens (including phenoxy) is 1. The average molecular weight is 273 g/mol. The fourth-order valence-electron chi connectivity index (χ4n) is 1.92. The lowest BCUT2D eigenvalue weighted by Crippen LogP contribution is -2.09. The smallest absolute Gasteiger partial charge is 0.359 e. The Morgan fingerprint density at radius 3 is 2.72 bits per heavy atom. The normalized spacial score (nSPS) is 10.7. The quantitative estimate of drug-likeness (QED) is 0.566. The summed E-state index contributed by atoms with van der Waals surface area (Å²) in [4.78, 5) is 11.9. The van der Waals surface area contributed by atoms with Crippen LogP contribution < -0.4 is 0 Å². The van der Waals surface area contributed by atoms with E-state index in [4.69, 9.17) is 16.3 Å². The fourth-order valence-corrected chi connectivity index (χ4v) is 2.04. The molecule has 0 fully saturated rings. The molecule has 0 N–H and O–H groups in total. The number of aryl methyl sites for hydroxylation is 1. The number of hydrogen-bond donors (Lipinski definition) is 0. The second-order valence-electron chi connectivity index (χ2n) is 4.15. The topological polar surface area (TPSA) is 44.1 Å². The van der Waals surface area contributed by atoms with Crippen LogP contribution in [0, 0.1) is 6.92 Å². The molecule has 4 nitrogen and oxygen atoms in total. The van der Waals surface area contributed by atoms with Gasteiger partial charge in [-0.15, -0.1) is 11.6 Å². The summed E-state index contributed by atoms with van der Waals surface area (Å²) in [6.07, 6.45) is 2.67. The first-order chi connectivity index (χ1) is 8.65. The third-order valence-corrected chi connectivity index (χ3v) is 3.07. The van der Waals surface area contributed by atoms with Crippen LogP contribution in [0.2, 0.25) is 0 Å². The van der Waals surface area contributed by atoms with E-state index >= 15 is 0 Å². The highest BCUT2D eigenvalue weighted by Crippen LogP contribution is 2.17. The number of hydrogen-bond acceptors (Lipinski definition) is 3. The van der Waals surface area contributed by atoms with Gasteiger partial charge in [-0.05, 0) is 26.7 Å². The molecule has 1 aromatic heterocycles. The number of alkyl halides is 1. The van der Waals surface area contributed by atoms with Gasteiger partial charge in [0.2, 0.25) is 0 Å². The summed E-state index contributed by atoms with van der Waals surface area (Å²) in [7, 11) is 0.